The fraction of sp³-hybridized carbons (Fsp3) is 0. The van der Waals surface area contributed by atoms with Gasteiger partial charge in [0.05, 0.1) is 22.5 Å². The molecule has 0 amide bonds. The van der Waals surface area contributed by atoms with Crippen molar-refractivity contribution in [3.05, 3.63) is 95.6 Å². The van der Waals surface area contributed by atoms with Crippen LogP contribution in [0.4, 0.5) is 17.2 Å². The molecule has 0 spiro atoms. The van der Waals surface area contributed by atoms with Crippen LogP contribution in [-0.2, 0) is 9.84 Å². The van der Waals surface area contributed by atoms with E-state index in [9.17, 15) is 8.42 Å². The van der Waals surface area contributed by atoms with Gasteiger partial charge in [0.1, 0.15) is 4.90 Å². The van der Waals surface area contributed by atoms with Crippen LogP contribution < -0.4 is 5.73 Å². The number of sulfone groups is 1. The number of anilines is 1. The number of halogens is 1. The van der Waals surface area contributed by atoms with E-state index in [2.05, 4.69) is 36.2 Å². The molecule has 2 aromatic heterocycles. The topological polar surface area (TPSA) is 115 Å². The minimum absolute atomic E-state index is 0.0105. The molecule has 3 aromatic carbocycles. The highest BCUT2D eigenvalue weighted by Gasteiger charge is 2.27. The number of rotatable bonds is 5. The Morgan fingerprint density at radius 2 is 1.50 bits per heavy atom. The summed E-state index contributed by atoms with van der Waals surface area (Å²) in [6, 6.07) is 24.6. The third kappa shape index (κ3) is 3.97. The van der Waals surface area contributed by atoms with Gasteiger partial charge in [0.15, 0.2) is 17.2 Å². The van der Waals surface area contributed by atoms with Crippen LogP contribution in [0.1, 0.15) is 0 Å². The van der Waals surface area contributed by atoms with Crippen molar-refractivity contribution in [1.29, 1.82) is 0 Å². The maximum absolute atomic E-state index is 13.5. The number of aromatic nitrogens is 3. The molecule has 168 valence electrons. The second-order valence-electron chi connectivity index (χ2n) is 7.30. The van der Waals surface area contributed by atoms with Crippen LogP contribution in [0.2, 0.25) is 0 Å². The van der Waals surface area contributed by atoms with Gasteiger partial charge in [-0.2, -0.15) is 5.11 Å². The number of nitrogens with two attached hydrogens (primary N) is 1. The Morgan fingerprint density at radius 3 is 2.18 bits per heavy atom. The monoisotopic (exact) mass is 532 g/mol. The second-order valence-corrected chi connectivity index (χ2v) is 10.1. The van der Waals surface area contributed by atoms with Crippen LogP contribution in [0.25, 0.3) is 16.9 Å². The number of hydrogen-bond acceptors (Lipinski definition) is 7. The van der Waals surface area contributed by atoms with Crippen molar-refractivity contribution < 1.29 is 8.42 Å². The molecule has 34 heavy (non-hydrogen) atoms. The van der Waals surface area contributed by atoms with Crippen LogP contribution in [0.3, 0.4) is 0 Å². The third-order valence-electron chi connectivity index (χ3n) is 5.09. The quantitative estimate of drug-likeness (QED) is 0.279. The van der Waals surface area contributed by atoms with Crippen LogP contribution in [0.15, 0.2) is 116 Å². The van der Waals surface area contributed by atoms with Gasteiger partial charge < -0.3 is 5.73 Å². The zero-order valence-corrected chi connectivity index (χ0v) is 20.0. The van der Waals surface area contributed by atoms with Gasteiger partial charge in [0, 0.05) is 10.0 Å². The number of azo groups is 1. The van der Waals surface area contributed by atoms with Crippen LogP contribution in [0, 0.1) is 0 Å². The maximum Gasteiger partial charge on any atom is 0.210 e. The largest absolute Gasteiger partial charge is 0.380 e. The molecular formula is C24H17BrN6O2S. The van der Waals surface area contributed by atoms with E-state index in [4.69, 9.17) is 5.73 Å². The highest BCUT2D eigenvalue weighted by molar-refractivity contribution is 9.10. The summed E-state index contributed by atoms with van der Waals surface area (Å²) >= 11 is 3.38. The first-order valence-corrected chi connectivity index (χ1v) is 12.4. The predicted molar refractivity (Wildman–Crippen MR) is 133 cm³/mol. The third-order valence-corrected chi connectivity index (χ3v) is 7.39. The van der Waals surface area contributed by atoms with Crippen molar-refractivity contribution in [3.63, 3.8) is 0 Å². The number of fused-ring (bicyclic) bond motifs is 1. The Hall–Kier alpha value is -3.89. The van der Waals surface area contributed by atoms with E-state index in [-0.39, 0.29) is 21.3 Å². The Bertz CT molecular complexity index is 1620. The van der Waals surface area contributed by atoms with Crippen molar-refractivity contribution in [1.82, 2.24) is 14.6 Å². The lowest BCUT2D eigenvalue weighted by atomic mass is 10.1. The Kier molecular flexibility index (Phi) is 5.68. The van der Waals surface area contributed by atoms with E-state index < -0.39 is 9.84 Å². The smallest absolute Gasteiger partial charge is 0.210 e. The molecule has 2 heterocycles. The average Bonchev–Trinajstić information content (AvgIpc) is 3.19. The highest BCUT2D eigenvalue weighted by atomic mass is 79.9. The SMILES string of the molecule is Nc1nn2c(-c3ccccc3)c(S(=O)(=O)c3ccccc3)cnc2c1N=Nc1ccc(Br)cc1. The van der Waals surface area contributed by atoms with Crippen molar-refractivity contribution in [2.75, 3.05) is 5.73 Å². The molecule has 0 saturated carbocycles. The highest BCUT2D eigenvalue weighted by Crippen LogP contribution is 2.36. The number of benzene rings is 3. The number of nitrogen functional groups attached to an aromatic ring is 1. The molecule has 0 aliphatic heterocycles. The lowest BCUT2D eigenvalue weighted by Gasteiger charge is -2.12. The van der Waals surface area contributed by atoms with Gasteiger partial charge in [-0.1, -0.05) is 64.5 Å². The Balaban J connectivity index is 1.74. The summed E-state index contributed by atoms with van der Waals surface area (Å²) in [4.78, 5) is 4.55. The first kappa shape index (κ1) is 21.9. The molecule has 0 saturated heterocycles. The molecule has 0 bridgehead atoms. The van der Waals surface area contributed by atoms with Crippen molar-refractivity contribution >= 4 is 48.6 Å². The van der Waals surface area contributed by atoms with E-state index in [1.165, 1.54) is 10.7 Å². The lowest BCUT2D eigenvalue weighted by Crippen LogP contribution is -2.09. The molecule has 0 aliphatic carbocycles. The summed E-state index contributed by atoms with van der Waals surface area (Å²) in [6.07, 6.45) is 1.32. The molecule has 10 heteroatoms. The summed E-state index contributed by atoms with van der Waals surface area (Å²) in [5.41, 5.74) is 8.33. The van der Waals surface area contributed by atoms with E-state index in [0.29, 0.717) is 22.6 Å². The molecule has 5 rings (SSSR count). The first-order valence-electron chi connectivity index (χ1n) is 10.2. The van der Waals surface area contributed by atoms with Crippen LogP contribution >= 0.6 is 15.9 Å². The van der Waals surface area contributed by atoms with Gasteiger partial charge in [-0.25, -0.2) is 17.9 Å². The summed E-state index contributed by atoms with van der Waals surface area (Å²) in [7, 11) is -3.89. The summed E-state index contributed by atoms with van der Waals surface area (Å²) < 4.78 is 29.4. The molecule has 8 nitrogen and oxygen atoms in total. The fourth-order valence-electron chi connectivity index (χ4n) is 3.47. The standard InChI is InChI=1S/C24H17BrN6O2S/c25-17-11-13-18(14-12-17)28-29-21-23(26)30-31-22(16-7-3-1-4-8-16)20(15-27-24(21)31)34(32,33)19-9-5-2-6-10-19/h1-15H,(H2,26,30). The maximum atomic E-state index is 13.5. The number of nitrogens with zero attached hydrogens (tertiary/aromatic N) is 5. The number of hydrogen-bond donors (Lipinski definition) is 1. The van der Waals surface area contributed by atoms with Gasteiger partial charge in [0.2, 0.25) is 9.84 Å². The van der Waals surface area contributed by atoms with E-state index in [1.807, 2.05) is 30.3 Å². The molecule has 0 radical (unpaired) electrons. The molecule has 5 aromatic rings. The van der Waals surface area contributed by atoms with Crippen molar-refractivity contribution in [3.8, 4) is 11.3 Å². The molecule has 0 unspecified atom stereocenters. The van der Waals surface area contributed by atoms with Gasteiger partial charge in [0.25, 0.3) is 0 Å². The predicted octanol–water partition coefficient (Wildman–Crippen LogP) is 5.99. The first-order chi connectivity index (χ1) is 16.4. The van der Waals surface area contributed by atoms with Crippen LogP contribution in [-0.4, -0.2) is 23.0 Å². The molecule has 0 fully saturated rings. The van der Waals surface area contributed by atoms with E-state index in [1.54, 1.807) is 54.6 Å². The van der Waals surface area contributed by atoms with Crippen LogP contribution in [0.5, 0.6) is 0 Å². The normalized spacial score (nSPS) is 11.9. The van der Waals surface area contributed by atoms with Gasteiger partial charge >= 0.3 is 0 Å². The summed E-state index contributed by atoms with van der Waals surface area (Å²) in [5, 5.41) is 12.9. The van der Waals surface area contributed by atoms with Crippen molar-refractivity contribution in [2.24, 2.45) is 10.2 Å². The Labute approximate surface area is 203 Å². The fourth-order valence-corrected chi connectivity index (χ4v) is 5.15. The molecular weight excluding hydrogens is 516 g/mol. The average molecular weight is 533 g/mol. The van der Waals surface area contributed by atoms with Crippen molar-refractivity contribution in [2.45, 2.75) is 9.79 Å². The zero-order chi connectivity index (χ0) is 23.7. The molecule has 2 N–H and O–H groups in total. The minimum Gasteiger partial charge on any atom is -0.380 e. The molecule has 0 aliphatic rings. The minimum atomic E-state index is -3.89. The zero-order valence-electron chi connectivity index (χ0n) is 17.6. The summed E-state index contributed by atoms with van der Waals surface area (Å²) in [5.74, 6) is 0.0831. The molecule has 0 atom stereocenters. The van der Waals surface area contributed by atoms with Gasteiger partial charge in [-0.05, 0) is 36.4 Å². The van der Waals surface area contributed by atoms with Gasteiger partial charge in [-0.15, -0.1) is 10.2 Å². The summed E-state index contributed by atoms with van der Waals surface area (Å²) in [6.45, 7) is 0. The van der Waals surface area contributed by atoms with E-state index >= 15 is 0 Å². The van der Waals surface area contributed by atoms with E-state index in [0.717, 1.165) is 4.47 Å². The lowest BCUT2D eigenvalue weighted by molar-refractivity contribution is 0.595. The van der Waals surface area contributed by atoms with Gasteiger partial charge in [-0.3, -0.25) is 0 Å². The second kappa shape index (κ2) is 8.81. The Morgan fingerprint density at radius 1 is 0.853 bits per heavy atom.